The monoisotopic (exact) mass is 272 g/mol. The third-order valence-corrected chi connectivity index (χ3v) is 8.31. The summed E-state index contributed by atoms with van der Waals surface area (Å²) in [5.41, 5.74) is 0. The lowest BCUT2D eigenvalue weighted by Crippen LogP contribution is -2.40. The van der Waals surface area contributed by atoms with E-state index in [-0.39, 0.29) is 28.2 Å². The van der Waals surface area contributed by atoms with E-state index in [0.29, 0.717) is 0 Å². The number of halogens is 5. The molecule has 1 heterocycles. The van der Waals surface area contributed by atoms with Gasteiger partial charge in [-0.1, -0.05) is 0 Å². The zero-order valence-corrected chi connectivity index (χ0v) is 10.6. The number of hydrogen-bond acceptors (Lipinski definition) is 0. The van der Waals surface area contributed by atoms with Gasteiger partial charge < -0.3 is 0 Å². The van der Waals surface area contributed by atoms with E-state index in [2.05, 4.69) is 0 Å². The van der Waals surface area contributed by atoms with E-state index in [0.717, 1.165) is 12.5 Å². The molecule has 4 atom stereocenters. The Balaban J connectivity index is 0.000001000. The topological polar surface area (TPSA) is 0 Å². The molecule has 0 aromatic carbocycles. The van der Waals surface area contributed by atoms with E-state index >= 15 is 0 Å². The Bertz CT molecular complexity index is 107. The summed E-state index contributed by atoms with van der Waals surface area (Å²) >= 11 is 23.7. The minimum absolute atomic E-state index is 0. The van der Waals surface area contributed by atoms with Crippen LogP contribution in [0.2, 0.25) is 6.04 Å². The summed E-state index contributed by atoms with van der Waals surface area (Å²) in [6.45, 7) is 0. The first kappa shape index (κ1) is 12.7. The molecule has 0 nitrogen and oxygen atoms in total. The van der Waals surface area contributed by atoms with E-state index in [1.807, 2.05) is 0 Å². The average molecular weight is 274 g/mol. The van der Waals surface area contributed by atoms with Crippen LogP contribution in [0.1, 0.15) is 6.42 Å². The van der Waals surface area contributed by atoms with E-state index in [9.17, 15) is 0 Å². The lowest BCUT2D eigenvalue weighted by molar-refractivity contribution is 0.731. The third kappa shape index (κ3) is 3.13. The molecular weight excluding hydrogens is 265 g/mol. The number of rotatable bonds is 0. The molecule has 1 aliphatic rings. The van der Waals surface area contributed by atoms with E-state index < -0.39 is 8.11 Å². The van der Waals surface area contributed by atoms with Crippen LogP contribution in [0.4, 0.5) is 0 Å². The molecule has 0 amide bonds. The van der Waals surface area contributed by atoms with Crippen LogP contribution in [-0.4, -0.2) is 23.9 Å². The minimum atomic E-state index is -1.26. The highest BCUT2D eigenvalue weighted by molar-refractivity contribution is 7.10. The molecule has 0 aliphatic carbocycles. The summed E-state index contributed by atoms with van der Waals surface area (Å²) in [7, 11) is -1.26. The number of hydrogen-bond donors (Lipinski definition) is 0. The quantitative estimate of drug-likeness (QED) is 0.362. The van der Waals surface area contributed by atoms with Crippen LogP contribution in [0.5, 0.6) is 0 Å². The molecule has 0 N–H and O–H groups in total. The lowest BCUT2D eigenvalue weighted by Gasteiger charge is -2.29. The Kier molecular flexibility index (Phi) is 6.23. The van der Waals surface area contributed by atoms with Gasteiger partial charge in [0.05, 0.1) is 15.8 Å². The van der Waals surface area contributed by atoms with Gasteiger partial charge >= 0.3 is 0 Å². The Hall–Kier alpha value is 1.67. The summed E-state index contributed by atoms with van der Waals surface area (Å²) in [4.78, 5) is 0. The van der Waals surface area contributed by atoms with Crippen LogP contribution in [0.25, 0.3) is 0 Å². The second-order valence-electron chi connectivity index (χ2n) is 2.50. The molecule has 0 radical (unpaired) electrons. The van der Waals surface area contributed by atoms with Gasteiger partial charge in [-0.2, -0.15) is 11.1 Å². The predicted octanol–water partition coefficient (Wildman–Crippen LogP) is 3.14. The van der Waals surface area contributed by atoms with Crippen LogP contribution < -0.4 is 0 Å². The van der Waals surface area contributed by atoms with Crippen molar-refractivity contribution in [3.8, 4) is 0 Å². The molecule has 1 rings (SSSR count). The summed E-state index contributed by atoms with van der Waals surface area (Å²) in [5, 5.41) is -0.141. The maximum absolute atomic E-state index is 5.99. The lowest BCUT2D eigenvalue weighted by atomic mass is 10.2. The van der Waals surface area contributed by atoms with Crippen molar-refractivity contribution in [2.24, 2.45) is 0 Å². The minimum Gasteiger partial charge on any atom is -0.170 e. The Morgan fingerprint density at radius 2 is 1.73 bits per heavy atom. The highest BCUT2D eigenvalue weighted by Crippen LogP contribution is 2.32. The Morgan fingerprint density at radius 3 is 2.18 bits per heavy atom. The second kappa shape index (κ2) is 5.41. The molecule has 0 spiro atoms. The van der Waals surface area contributed by atoms with Gasteiger partial charge in [0.25, 0.3) is 0 Å². The fourth-order valence-electron chi connectivity index (χ4n) is 1.04. The first-order valence-corrected chi connectivity index (χ1v) is 7.73. The largest absolute Gasteiger partial charge is 0.170 e. The first-order chi connectivity index (χ1) is 4.63. The van der Waals surface area contributed by atoms with Gasteiger partial charge in [-0.15, -0.1) is 47.2 Å². The molecular formula is C5H9Cl5Si. The first-order valence-electron chi connectivity index (χ1n) is 3.19. The molecule has 0 aromatic heterocycles. The van der Waals surface area contributed by atoms with Crippen molar-refractivity contribution in [2.75, 3.05) is 0 Å². The van der Waals surface area contributed by atoms with Gasteiger partial charge in [-0.3, -0.25) is 0 Å². The van der Waals surface area contributed by atoms with Crippen molar-refractivity contribution in [3.05, 3.63) is 0 Å². The van der Waals surface area contributed by atoms with E-state index in [4.69, 9.17) is 45.9 Å². The molecule has 4 unspecified atom stereocenters. The van der Waals surface area contributed by atoms with Gasteiger partial charge in [0.15, 0.2) is 8.11 Å². The molecule has 68 valence electrons. The van der Waals surface area contributed by atoms with Gasteiger partial charge in [0.1, 0.15) is 0 Å². The summed E-state index contributed by atoms with van der Waals surface area (Å²) in [6.07, 6.45) is 0.930. The summed E-state index contributed by atoms with van der Waals surface area (Å²) < 4.78 is 0. The molecule has 0 aromatic rings. The molecule has 11 heavy (non-hydrogen) atoms. The van der Waals surface area contributed by atoms with Crippen LogP contribution in [0, 0.1) is 0 Å². The number of alkyl halides is 3. The molecule has 0 bridgehead atoms. The van der Waals surface area contributed by atoms with Crippen LogP contribution in [0.3, 0.4) is 0 Å². The van der Waals surface area contributed by atoms with Crippen molar-refractivity contribution in [1.29, 1.82) is 0 Å². The maximum atomic E-state index is 5.99. The fraction of sp³-hybridized carbons (Fsp3) is 1.00. The molecule has 1 aliphatic heterocycles. The van der Waals surface area contributed by atoms with Crippen LogP contribution in [-0.2, 0) is 0 Å². The van der Waals surface area contributed by atoms with Crippen molar-refractivity contribution < 1.29 is 0 Å². The third-order valence-electron chi connectivity index (χ3n) is 1.71. The maximum Gasteiger partial charge on any atom is 0.160 e. The summed E-state index contributed by atoms with van der Waals surface area (Å²) in [6, 6.07) is 1.01. The molecule has 1 fully saturated rings. The Morgan fingerprint density at radius 1 is 1.18 bits per heavy atom. The normalized spacial score (nSPS) is 44.7. The van der Waals surface area contributed by atoms with Crippen molar-refractivity contribution in [3.63, 3.8) is 0 Å². The van der Waals surface area contributed by atoms with Gasteiger partial charge in [-0.05, 0) is 12.5 Å². The van der Waals surface area contributed by atoms with Crippen molar-refractivity contribution in [2.45, 2.75) is 28.2 Å². The van der Waals surface area contributed by atoms with Crippen LogP contribution >= 0.6 is 58.3 Å². The molecule has 1 saturated heterocycles. The van der Waals surface area contributed by atoms with Gasteiger partial charge in [0, 0.05) is 0 Å². The SMILES string of the molecule is Cl.ClC1CC[SiH](Cl)C(Cl)C1Cl. The fourth-order valence-corrected chi connectivity index (χ4v) is 5.69. The highest BCUT2D eigenvalue weighted by atomic mass is 35.6. The molecule has 0 saturated carbocycles. The zero-order chi connectivity index (χ0) is 7.72. The van der Waals surface area contributed by atoms with Gasteiger partial charge in [-0.25, -0.2) is 0 Å². The summed E-state index contributed by atoms with van der Waals surface area (Å²) in [5.74, 6) is 0. The standard InChI is InChI=1S/C5H8Cl4Si.ClH/c6-3-1-2-10(9)5(8)4(3)7;/h3-5,10H,1-2H2;1H. The van der Waals surface area contributed by atoms with Crippen molar-refractivity contribution in [1.82, 2.24) is 0 Å². The highest BCUT2D eigenvalue weighted by Gasteiger charge is 2.36. The van der Waals surface area contributed by atoms with E-state index in [1.165, 1.54) is 0 Å². The van der Waals surface area contributed by atoms with Crippen LogP contribution in [0.15, 0.2) is 0 Å². The average Bonchev–Trinajstić information content (AvgIpc) is 1.93. The Labute approximate surface area is 94.2 Å². The van der Waals surface area contributed by atoms with Crippen molar-refractivity contribution >= 4 is 66.4 Å². The molecule has 6 heteroatoms. The second-order valence-corrected chi connectivity index (χ2v) is 8.50. The smallest absolute Gasteiger partial charge is 0.160 e. The zero-order valence-electron chi connectivity index (χ0n) is 5.64. The van der Waals surface area contributed by atoms with Gasteiger partial charge in [0.2, 0.25) is 0 Å². The predicted molar refractivity (Wildman–Crippen MR) is 58.6 cm³/mol. The van der Waals surface area contributed by atoms with E-state index in [1.54, 1.807) is 0 Å².